The van der Waals surface area contributed by atoms with Gasteiger partial charge in [0.2, 0.25) is 0 Å². The minimum atomic E-state index is -0.288. The van der Waals surface area contributed by atoms with Crippen LogP contribution in [0.15, 0.2) is 16.7 Å². The molecular weight excluding hydrogens is 271 g/mol. The highest BCUT2D eigenvalue weighted by atomic mass is 79.9. The molecule has 4 nitrogen and oxygen atoms in total. The highest BCUT2D eigenvalue weighted by Gasteiger charge is 2.15. The fourth-order valence-corrected chi connectivity index (χ4v) is 1.37. The fraction of sp³-hybridized carbons (Fsp3) is 0.250. The summed E-state index contributed by atoms with van der Waals surface area (Å²) >= 11 is 8.87. The number of amides is 1. The van der Waals surface area contributed by atoms with Gasteiger partial charge in [-0.3, -0.25) is 9.63 Å². The number of nitrogens with zero attached hydrogens (tertiary/aromatic N) is 2. The highest BCUT2D eigenvalue weighted by molar-refractivity contribution is 9.10. The molecule has 0 fully saturated rings. The van der Waals surface area contributed by atoms with E-state index in [9.17, 15) is 4.79 Å². The van der Waals surface area contributed by atoms with Gasteiger partial charge in [0.25, 0.3) is 5.91 Å². The number of rotatable bonds is 2. The molecule has 1 amide bonds. The van der Waals surface area contributed by atoms with Gasteiger partial charge < -0.3 is 0 Å². The molecule has 6 heteroatoms. The van der Waals surface area contributed by atoms with Crippen molar-refractivity contribution in [2.24, 2.45) is 0 Å². The van der Waals surface area contributed by atoms with E-state index in [0.717, 1.165) is 5.06 Å². The topological polar surface area (TPSA) is 42.4 Å². The standard InChI is InChI=1S/C8H8BrClN2O2/c1-12(14-2)8(13)5-3-7(10)11-4-6(5)9/h3-4H,1-2H3. The number of carbonyl (C=O) groups is 1. The molecule has 0 saturated heterocycles. The minimum Gasteiger partial charge on any atom is -0.274 e. The van der Waals surface area contributed by atoms with E-state index in [0.29, 0.717) is 10.0 Å². The number of pyridine rings is 1. The minimum absolute atomic E-state index is 0.265. The highest BCUT2D eigenvalue weighted by Crippen LogP contribution is 2.19. The van der Waals surface area contributed by atoms with Gasteiger partial charge in [-0.1, -0.05) is 11.6 Å². The van der Waals surface area contributed by atoms with Gasteiger partial charge in [0, 0.05) is 17.7 Å². The molecule has 0 aliphatic carbocycles. The van der Waals surface area contributed by atoms with E-state index in [-0.39, 0.29) is 11.1 Å². The maximum atomic E-state index is 11.6. The molecule has 0 radical (unpaired) electrons. The van der Waals surface area contributed by atoms with Crippen LogP contribution in [0.1, 0.15) is 10.4 Å². The Bertz CT molecular complexity index is 359. The number of aromatic nitrogens is 1. The summed E-state index contributed by atoms with van der Waals surface area (Å²) in [6.45, 7) is 0. The third-order valence-corrected chi connectivity index (χ3v) is 2.45. The van der Waals surface area contributed by atoms with Crippen LogP contribution in [0, 0.1) is 0 Å². The van der Waals surface area contributed by atoms with Crippen molar-refractivity contribution < 1.29 is 9.63 Å². The summed E-state index contributed by atoms with van der Waals surface area (Å²) in [6.07, 6.45) is 1.47. The van der Waals surface area contributed by atoms with Crippen molar-refractivity contribution in [3.8, 4) is 0 Å². The van der Waals surface area contributed by atoms with Gasteiger partial charge in [0.05, 0.1) is 12.7 Å². The third kappa shape index (κ3) is 2.43. The monoisotopic (exact) mass is 278 g/mol. The Morgan fingerprint density at radius 3 is 2.93 bits per heavy atom. The molecule has 14 heavy (non-hydrogen) atoms. The molecule has 1 heterocycles. The number of halogens is 2. The van der Waals surface area contributed by atoms with Gasteiger partial charge >= 0.3 is 0 Å². The molecule has 0 atom stereocenters. The first kappa shape index (κ1) is 11.4. The maximum absolute atomic E-state index is 11.6. The SMILES string of the molecule is CON(C)C(=O)c1cc(Cl)ncc1Br. The number of hydrogen-bond donors (Lipinski definition) is 0. The molecule has 0 aliphatic heterocycles. The first-order valence-corrected chi connectivity index (χ1v) is 4.86. The largest absolute Gasteiger partial charge is 0.278 e. The number of carbonyl (C=O) groups excluding carboxylic acids is 1. The second kappa shape index (κ2) is 4.72. The van der Waals surface area contributed by atoms with Gasteiger partial charge in [-0.25, -0.2) is 10.0 Å². The summed E-state index contributed by atoms with van der Waals surface area (Å²) < 4.78 is 0.579. The number of hydrogen-bond acceptors (Lipinski definition) is 3. The van der Waals surface area contributed by atoms with E-state index in [2.05, 4.69) is 20.9 Å². The van der Waals surface area contributed by atoms with Crippen LogP contribution in [-0.2, 0) is 4.84 Å². The van der Waals surface area contributed by atoms with Gasteiger partial charge in [-0.2, -0.15) is 0 Å². The summed E-state index contributed by atoms with van der Waals surface area (Å²) in [5.41, 5.74) is 0.411. The summed E-state index contributed by atoms with van der Waals surface area (Å²) in [5, 5.41) is 1.37. The van der Waals surface area contributed by atoms with Crippen molar-refractivity contribution >= 4 is 33.4 Å². The fourth-order valence-electron chi connectivity index (χ4n) is 0.830. The Hall–Kier alpha value is -0.650. The Balaban J connectivity index is 3.06. The van der Waals surface area contributed by atoms with E-state index in [1.54, 1.807) is 0 Å². The van der Waals surface area contributed by atoms with Gasteiger partial charge in [0.1, 0.15) is 5.15 Å². The zero-order valence-electron chi connectivity index (χ0n) is 7.62. The van der Waals surface area contributed by atoms with E-state index in [1.807, 2.05) is 0 Å². The normalized spacial score (nSPS) is 10.0. The molecule has 0 unspecified atom stereocenters. The molecule has 1 aromatic rings. The van der Waals surface area contributed by atoms with Gasteiger partial charge in [0.15, 0.2) is 0 Å². The van der Waals surface area contributed by atoms with Crippen LogP contribution in [0.3, 0.4) is 0 Å². The zero-order chi connectivity index (χ0) is 10.7. The smallest absolute Gasteiger partial charge is 0.274 e. The van der Waals surface area contributed by atoms with Crippen LogP contribution < -0.4 is 0 Å². The van der Waals surface area contributed by atoms with Crippen molar-refractivity contribution in [3.05, 3.63) is 27.5 Å². The number of hydroxylamine groups is 2. The molecule has 0 spiro atoms. The van der Waals surface area contributed by atoms with Crippen LogP contribution in [0.25, 0.3) is 0 Å². The lowest BCUT2D eigenvalue weighted by Crippen LogP contribution is -2.25. The summed E-state index contributed by atoms with van der Waals surface area (Å²) in [6, 6.07) is 1.48. The first-order chi connectivity index (χ1) is 6.56. The van der Waals surface area contributed by atoms with E-state index in [1.165, 1.54) is 26.4 Å². The zero-order valence-corrected chi connectivity index (χ0v) is 9.96. The molecule has 0 aromatic carbocycles. The van der Waals surface area contributed by atoms with E-state index in [4.69, 9.17) is 16.4 Å². The lowest BCUT2D eigenvalue weighted by molar-refractivity contribution is -0.0757. The molecular formula is C8H8BrClN2O2. The van der Waals surface area contributed by atoms with Gasteiger partial charge in [-0.05, 0) is 22.0 Å². The second-order valence-corrected chi connectivity index (χ2v) is 3.71. The van der Waals surface area contributed by atoms with Crippen molar-refractivity contribution in [3.63, 3.8) is 0 Å². The first-order valence-electron chi connectivity index (χ1n) is 3.69. The third-order valence-electron chi connectivity index (χ3n) is 1.61. The molecule has 1 aromatic heterocycles. The Morgan fingerprint density at radius 2 is 2.36 bits per heavy atom. The summed E-state index contributed by atoms with van der Waals surface area (Å²) in [4.78, 5) is 20.2. The molecule has 0 saturated carbocycles. The molecule has 0 bridgehead atoms. The predicted octanol–water partition coefficient (Wildman–Crippen LogP) is 2.13. The van der Waals surface area contributed by atoms with Crippen LogP contribution >= 0.6 is 27.5 Å². The van der Waals surface area contributed by atoms with Crippen LogP contribution in [0.5, 0.6) is 0 Å². The van der Waals surface area contributed by atoms with Gasteiger partial charge in [-0.15, -0.1) is 0 Å². The second-order valence-electron chi connectivity index (χ2n) is 2.47. The lowest BCUT2D eigenvalue weighted by Gasteiger charge is -2.14. The van der Waals surface area contributed by atoms with Crippen LogP contribution in [0.2, 0.25) is 5.15 Å². The maximum Gasteiger partial charge on any atom is 0.278 e. The van der Waals surface area contributed by atoms with E-state index >= 15 is 0 Å². The Kier molecular flexibility index (Phi) is 3.86. The molecule has 1 rings (SSSR count). The predicted molar refractivity (Wildman–Crippen MR) is 56.0 cm³/mol. The molecule has 0 N–H and O–H groups in total. The van der Waals surface area contributed by atoms with Crippen LogP contribution in [0.4, 0.5) is 0 Å². The van der Waals surface area contributed by atoms with Crippen molar-refractivity contribution in [2.75, 3.05) is 14.2 Å². The van der Waals surface area contributed by atoms with Crippen molar-refractivity contribution in [1.82, 2.24) is 10.0 Å². The quantitative estimate of drug-likeness (QED) is 0.615. The summed E-state index contributed by atoms with van der Waals surface area (Å²) in [5.74, 6) is -0.288. The average Bonchev–Trinajstić information content (AvgIpc) is 2.19. The summed E-state index contributed by atoms with van der Waals surface area (Å²) in [7, 11) is 2.93. The molecule has 76 valence electrons. The average molecular weight is 280 g/mol. The van der Waals surface area contributed by atoms with Crippen LogP contribution in [-0.4, -0.2) is 30.1 Å². The molecule has 0 aliphatic rings. The van der Waals surface area contributed by atoms with Crippen molar-refractivity contribution in [2.45, 2.75) is 0 Å². The Morgan fingerprint density at radius 1 is 1.71 bits per heavy atom. The van der Waals surface area contributed by atoms with E-state index < -0.39 is 0 Å². The lowest BCUT2D eigenvalue weighted by atomic mass is 10.2. The van der Waals surface area contributed by atoms with Crippen molar-refractivity contribution in [1.29, 1.82) is 0 Å². The Labute approximate surface area is 94.9 Å².